The van der Waals surface area contributed by atoms with Crippen LogP contribution in [0, 0.1) is 0 Å². The lowest BCUT2D eigenvalue weighted by Gasteiger charge is -2.11. The first-order chi connectivity index (χ1) is 14.1. The maximum absolute atomic E-state index is 12.9. The van der Waals surface area contributed by atoms with Crippen molar-refractivity contribution >= 4 is 45.6 Å². The highest BCUT2D eigenvalue weighted by Gasteiger charge is 2.12. The van der Waals surface area contributed by atoms with Gasteiger partial charge in [-0.1, -0.05) is 60.1 Å². The van der Waals surface area contributed by atoms with Gasteiger partial charge in [-0.3, -0.25) is 9.59 Å². The fourth-order valence-electron chi connectivity index (χ4n) is 3.14. The number of halogens is 1. The average molecular weight is 401 g/mol. The molecule has 0 aliphatic carbocycles. The van der Waals surface area contributed by atoms with Crippen LogP contribution < -0.4 is 10.6 Å². The molecule has 4 rings (SSSR count). The third kappa shape index (κ3) is 4.13. The molecule has 0 atom stereocenters. The van der Waals surface area contributed by atoms with Crippen LogP contribution >= 0.6 is 11.6 Å². The summed E-state index contributed by atoms with van der Waals surface area (Å²) in [5.74, 6) is -0.456. The van der Waals surface area contributed by atoms with E-state index in [1.54, 1.807) is 54.6 Å². The van der Waals surface area contributed by atoms with Crippen molar-refractivity contribution in [2.24, 2.45) is 0 Å². The van der Waals surface area contributed by atoms with E-state index < -0.39 is 0 Å². The van der Waals surface area contributed by atoms with Gasteiger partial charge in [0.2, 0.25) is 0 Å². The monoisotopic (exact) mass is 400 g/mol. The Bertz CT molecular complexity index is 1210. The van der Waals surface area contributed by atoms with Crippen molar-refractivity contribution in [1.82, 2.24) is 0 Å². The van der Waals surface area contributed by atoms with Crippen LogP contribution in [0.5, 0.6) is 0 Å². The minimum Gasteiger partial charge on any atom is -0.322 e. The summed E-state index contributed by atoms with van der Waals surface area (Å²) in [6.07, 6.45) is 0. The zero-order valence-electron chi connectivity index (χ0n) is 15.4. The minimum atomic E-state index is -0.246. The van der Waals surface area contributed by atoms with Crippen molar-refractivity contribution < 1.29 is 9.59 Å². The zero-order chi connectivity index (χ0) is 20.2. The van der Waals surface area contributed by atoms with E-state index in [-0.39, 0.29) is 11.8 Å². The number of amides is 2. The highest BCUT2D eigenvalue weighted by Crippen LogP contribution is 2.27. The van der Waals surface area contributed by atoms with E-state index in [1.165, 1.54) is 0 Å². The van der Waals surface area contributed by atoms with Gasteiger partial charge in [-0.15, -0.1) is 0 Å². The van der Waals surface area contributed by atoms with Crippen molar-refractivity contribution in [3.8, 4) is 0 Å². The van der Waals surface area contributed by atoms with Gasteiger partial charge < -0.3 is 10.6 Å². The summed E-state index contributed by atoms with van der Waals surface area (Å²) < 4.78 is 0. The Kier molecular flexibility index (Phi) is 5.27. The van der Waals surface area contributed by atoms with Crippen molar-refractivity contribution in [2.45, 2.75) is 0 Å². The number of anilines is 2. The number of carbonyl (C=O) groups excluding carboxylic acids is 2. The van der Waals surface area contributed by atoms with Crippen LogP contribution in [0.25, 0.3) is 10.8 Å². The third-order valence-corrected chi connectivity index (χ3v) is 4.86. The summed E-state index contributed by atoms with van der Waals surface area (Å²) in [5.41, 5.74) is 2.27. The van der Waals surface area contributed by atoms with Crippen molar-refractivity contribution in [2.75, 3.05) is 10.6 Å². The Balaban J connectivity index is 1.55. The molecule has 0 heterocycles. The van der Waals surface area contributed by atoms with Crippen LogP contribution in [-0.2, 0) is 0 Å². The molecule has 0 aliphatic rings. The molecule has 0 spiro atoms. The van der Waals surface area contributed by atoms with Gasteiger partial charge in [0.05, 0.1) is 0 Å². The molecule has 0 aliphatic heterocycles. The molecule has 0 saturated carbocycles. The SMILES string of the molecule is O=C(Nc1cccc(NC(=O)c2cccc3c(Cl)cccc23)c1)c1ccccc1. The number of nitrogens with one attached hydrogen (secondary N) is 2. The molecule has 2 amide bonds. The zero-order valence-corrected chi connectivity index (χ0v) is 16.1. The molecular weight excluding hydrogens is 384 g/mol. The van der Waals surface area contributed by atoms with Gasteiger partial charge in [-0.05, 0) is 47.9 Å². The molecule has 4 aromatic carbocycles. The number of carbonyl (C=O) groups is 2. The van der Waals surface area contributed by atoms with E-state index in [4.69, 9.17) is 11.6 Å². The Morgan fingerprint density at radius 3 is 2.00 bits per heavy atom. The van der Waals surface area contributed by atoms with Crippen molar-refractivity contribution in [3.05, 3.63) is 107 Å². The Labute approximate surface area is 173 Å². The second-order valence-electron chi connectivity index (χ2n) is 6.50. The molecule has 0 unspecified atom stereocenters. The summed E-state index contributed by atoms with van der Waals surface area (Å²) in [6.45, 7) is 0. The van der Waals surface area contributed by atoms with Crippen LogP contribution in [0.15, 0.2) is 91.0 Å². The predicted molar refractivity (Wildman–Crippen MR) is 118 cm³/mol. The standard InChI is InChI=1S/C24H17ClN2O2/c25-22-14-6-11-19-20(22)12-5-13-21(19)24(29)27-18-10-4-9-17(15-18)26-23(28)16-7-2-1-3-8-16/h1-15H,(H,26,28)(H,27,29). The molecule has 2 N–H and O–H groups in total. The number of hydrogen-bond donors (Lipinski definition) is 2. The number of benzene rings is 4. The first-order valence-electron chi connectivity index (χ1n) is 9.07. The molecule has 5 heteroatoms. The molecule has 29 heavy (non-hydrogen) atoms. The van der Waals surface area contributed by atoms with Gasteiger partial charge in [-0.25, -0.2) is 0 Å². The topological polar surface area (TPSA) is 58.2 Å². The lowest BCUT2D eigenvalue weighted by molar-refractivity contribution is 0.102. The fraction of sp³-hybridized carbons (Fsp3) is 0. The Hall–Kier alpha value is -3.63. The van der Waals surface area contributed by atoms with E-state index in [2.05, 4.69) is 10.6 Å². The lowest BCUT2D eigenvalue weighted by atomic mass is 10.0. The van der Waals surface area contributed by atoms with E-state index in [0.29, 0.717) is 27.5 Å². The number of fused-ring (bicyclic) bond motifs is 1. The van der Waals surface area contributed by atoms with Crippen LogP contribution in [0.2, 0.25) is 5.02 Å². The summed E-state index contributed by atoms with van der Waals surface area (Å²) in [5, 5.41) is 7.94. The van der Waals surface area contributed by atoms with E-state index in [1.807, 2.05) is 36.4 Å². The lowest BCUT2D eigenvalue weighted by Crippen LogP contribution is -2.14. The van der Waals surface area contributed by atoms with Crippen molar-refractivity contribution in [1.29, 1.82) is 0 Å². The van der Waals surface area contributed by atoms with E-state index in [0.717, 1.165) is 10.8 Å². The summed E-state index contributed by atoms with van der Waals surface area (Å²) in [6, 6.07) is 26.9. The quantitative estimate of drug-likeness (QED) is 0.441. The first-order valence-corrected chi connectivity index (χ1v) is 9.45. The highest BCUT2D eigenvalue weighted by atomic mass is 35.5. The molecule has 0 radical (unpaired) electrons. The summed E-state index contributed by atoms with van der Waals surface area (Å²) in [7, 11) is 0. The average Bonchev–Trinajstić information content (AvgIpc) is 2.74. The second-order valence-corrected chi connectivity index (χ2v) is 6.90. The van der Waals surface area contributed by atoms with Crippen molar-refractivity contribution in [3.63, 3.8) is 0 Å². The van der Waals surface area contributed by atoms with Gasteiger partial charge in [0.1, 0.15) is 0 Å². The molecule has 4 aromatic rings. The first kappa shape index (κ1) is 18.7. The largest absolute Gasteiger partial charge is 0.322 e. The van der Waals surface area contributed by atoms with Gasteiger partial charge in [-0.2, -0.15) is 0 Å². The molecule has 0 aromatic heterocycles. The smallest absolute Gasteiger partial charge is 0.256 e. The predicted octanol–water partition coefficient (Wildman–Crippen LogP) is 6.00. The van der Waals surface area contributed by atoms with Crippen LogP contribution in [0.1, 0.15) is 20.7 Å². The maximum atomic E-state index is 12.9. The molecule has 142 valence electrons. The summed E-state index contributed by atoms with van der Waals surface area (Å²) in [4.78, 5) is 25.2. The molecule has 0 bridgehead atoms. The molecule has 0 fully saturated rings. The molecule has 0 saturated heterocycles. The third-order valence-electron chi connectivity index (χ3n) is 4.53. The Morgan fingerprint density at radius 1 is 0.621 bits per heavy atom. The van der Waals surface area contributed by atoms with Crippen LogP contribution in [-0.4, -0.2) is 11.8 Å². The highest BCUT2D eigenvalue weighted by molar-refractivity contribution is 6.36. The van der Waals surface area contributed by atoms with Crippen LogP contribution in [0.3, 0.4) is 0 Å². The van der Waals surface area contributed by atoms with Gasteiger partial charge in [0.15, 0.2) is 0 Å². The number of hydrogen-bond acceptors (Lipinski definition) is 2. The Morgan fingerprint density at radius 2 is 1.24 bits per heavy atom. The molecule has 4 nitrogen and oxygen atoms in total. The number of rotatable bonds is 4. The fourth-order valence-corrected chi connectivity index (χ4v) is 3.37. The van der Waals surface area contributed by atoms with E-state index in [9.17, 15) is 9.59 Å². The van der Waals surface area contributed by atoms with Crippen LogP contribution in [0.4, 0.5) is 11.4 Å². The van der Waals surface area contributed by atoms with Gasteiger partial charge in [0, 0.05) is 32.9 Å². The second kappa shape index (κ2) is 8.17. The van der Waals surface area contributed by atoms with Gasteiger partial charge in [0.25, 0.3) is 11.8 Å². The minimum absolute atomic E-state index is 0.210. The van der Waals surface area contributed by atoms with E-state index >= 15 is 0 Å². The van der Waals surface area contributed by atoms with Gasteiger partial charge >= 0.3 is 0 Å². The molecular formula is C24H17ClN2O2. The normalized spacial score (nSPS) is 10.5. The maximum Gasteiger partial charge on any atom is 0.256 e. The summed E-state index contributed by atoms with van der Waals surface area (Å²) >= 11 is 6.24.